The van der Waals surface area contributed by atoms with E-state index >= 15 is 0 Å². The minimum Gasteiger partial charge on any atom is -0.507 e. The van der Waals surface area contributed by atoms with E-state index in [0.29, 0.717) is 12.2 Å². The number of phenols is 2. The summed E-state index contributed by atoms with van der Waals surface area (Å²) >= 11 is 0. The molecule has 3 N–H and O–H groups in total. The van der Waals surface area contributed by atoms with Crippen molar-refractivity contribution in [1.29, 1.82) is 0 Å². The predicted molar refractivity (Wildman–Crippen MR) is 99.4 cm³/mol. The molecule has 0 spiro atoms. The fraction of sp³-hybridized carbons (Fsp3) is 0.300. The van der Waals surface area contributed by atoms with Gasteiger partial charge in [0.1, 0.15) is 11.5 Å². The van der Waals surface area contributed by atoms with Gasteiger partial charge in [-0.1, -0.05) is 26.0 Å². The van der Waals surface area contributed by atoms with Crippen molar-refractivity contribution < 1.29 is 19.8 Å². The van der Waals surface area contributed by atoms with Crippen LogP contribution >= 0.6 is 0 Å². The van der Waals surface area contributed by atoms with Crippen LogP contribution in [0.4, 0.5) is 5.69 Å². The fourth-order valence-electron chi connectivity index (χ4n) is 3.32. The smallest absolute Gasteiger partial charge is 0.200 e. The molecule has 26 heavy (non-hydrogen) atoms. The molecule has 1 aliphatic rings. The van der Waals surface area contributed by atoms with Crippen LogP contribution in [-0.4, -0.2) is 52.9 Å². The molecule has 2 aromatic carbocycles. The first-order valence-electron chi connectivity index (χ1n) is 8.73. The van der Waals surface area contributed by atoms with E-state index in [-0.39, 0.29) is 33.8 Å². The molecule has 0 heterocycles. The topological polar surface area (TPSA) is 89.9 Å². The van der Waals surface area contributed by atoms with Crippen LogP contribution in [0.15, 0.2) is 30.3 Å². The van der Waals surface area contributed by atoms with Gasteiger partial charge in [-0.2, -0.15) is 0 Å². The number of carbonyl (C=O) groups is 2. The number of anilines is 1. The second-order valence-corrected chi connectivity index (χ2v) is 6.19. The lowest BCUT2D eigenvalue weighted by molar-refractivity contribution is 0.0974. The van der Waals surface area contributed by atoms with E-state index in [1.165, 1.54) is 12.1 Å². The van der Waals surface area contributed by atoms with Crippen LogP contribution in [0.1, 0.15) is 45.7 Å². The number of aromatic hydroxyl groups is 2. The van der Waals surface area contributed by atoms with E-state index in [1.807, 2.05) is 0 Å². The van der Waals surface area contributed by atoms with Crippen molar-refractivity contribution in [1.82, 2.24) is 4.90 Å². The van der Waals surface area contributed by atoms with Gasteiger partial charge in [-0.15, -0.1) is 0 Å². The number of nitrogens with zero attached hydrogens (tertiary/aromatic N) is 1. The summed E-state index contributed by atoms with van der Waals surface area (Å²) in [7, 11) is 0. The number of phenolic OH excluding ortho intramolecular Hbond substituents is 2. The number of hydrogen-bond acceptors (Lipinski definition) is 6. The summed E-state index contributed by atoms with van der Waals surface area (Å²) in [6, 6.07) is 7.46. The third-order valence-corrected chi connectivity index (χ3v) is 4.79. The molecule has 136 valence electrons. The lowest BCUT2D eigenvalue weighted by Crippen LogP contribution is -2.29. The van der Waals surface area contributed by atoms with Crippen molar-refractivity contribution in [2.24, 2.45) is 0 Å². The maximum Gasteiger partial charge on any atom is 0.200 e. The van der Waals surface area contributed by atoms with Crippen molar-refractivity contribution in [2.75, 3.05) is 31.5 Å². The van der Waals surface area contributed by atoms with E-state index in [4.69, 9.17) is 0 Å². The summed E-state index contributed by atoms with van der Waals surface area (Å²) in [6.07, 6.45) is 0. The molecule has 0 bridgehead atoms. The standard InChI is InChI=1S/C20H22N2O4/c1-3-22(4-2)11-10-21-13-7-5-6-12-16(13)20(26)18-15(24)9-8-14(23)17(18)19(12)25/h5-9,21,23-24H,3-4,10-11H2,1-2H3. The summed E-state index contributed by atoms with van der Waals surface area (Å²) in [5.41, 5.74) is 0.756. The van der Waals surface area contributed by atoms with Gasteiger partial charge in [0.15, 0.2) is 11.6 Å². The van der Waals surface area contributed by atoms with Crippen molar-refractivity contribution in [3.05, 3.63) is 52.6 Å². The van der Waals surface area contributed by atoms with Gasteiger partial charge in [-0.25, -0.2) is 0 Å². The highest BCUT2D eigenvalue weighted by Crippen LogP contribution is 2.39. The highest BCUT2D eigenvalue weighted by molar-refractivity contribution is 6.31. The number of hydrogen-bond donors (Lipinski definition) is 3. The van der Waals surface area contributed by atoms with E-state index in [1.54, 1.807) is 18.2 Å². The van der Waals surface area contributed by atoms with Crippen molar-refractivity contribution in [2.45, 2.75) is 13.8 Å². The average molecular weight is 354 g/mol. The Labute approximate surface area is 152 Å². The average Bonchev–Trinajstić information content (AvgIpc) is 2.65. The summed E-state index contributed by atoms with van der Waals surface area (Å²) < 4.78 is 0. The largest absolute Gasteiger partial charge is 0.507 e. The number of carbonyl (C=O) groups excluding carboxylic acids is 2. The number of fused-ring (bicyclic) bond motifs is 2. The number of nitrogens with one attached hydrogen (secondary N) is 1. The van der Waals surface area contributed by atoms with Crippen molar-refractivity contribution >= 4 is 17.3 Å². The molecular weight excluding hydrogens is 332 g/mol. The third kappa shape index (κ3) is 2.93. The zero-order valence-electron chi connectivity index (χ0n) is 14.9. The molecule has 6 heteroatoms. The number of ketones is 2. The van der Waals surface area contributed by atoms with Crippen LogP contribution in [0.3, 0.4) is 0 Å². The summed E-state index contributed by atoms with van der Waals surface area (Å²) in [5.74, 6) is -1.54. The number of benzene rings is 2. The Balaban J connectivity index is 1.98. The van der Waals surface area contributed by atoms with Crippen LogP contribution in [0.25, 0.3) is 0 Å². The van der Waals surface area contributed by atoms with E-state index in [2.05, 4.69) is 24.1 Å². The quantitative estimate of drug-likeness (QED) is 0.590. The first-order chi connectivity index (χ1) is 12.5. The molecule has 0 aromatic heterocycles. The van der Waals surface area contributed by atoms with E-state index in [9.17, 15) is 19.8 Å². The molecule has 0 radical (unpaired) electrons. The maximum atomic E-state index is 13.0. The van der Waals surface area contributed by atoms with Crippen molar-refractivity contribution in [3.63, 3.8) is 0 Å². The minimum absolute atomic E-state index is 0.136. The summed E-state index contributed by atoms with van der Waals surface area (Å²) in [5, 5.41) is 23.3. The molecule has 0 aliphatic heterocycles. The summed E-state index contributed by atoms with van der Waals surface area (Å²) in [6.45, 7) is 7.47. The summed E-state index contributed by atoms with van der Waals surface area (Å²) in [4.78, 5) is 28.0. The van der Waals surface area contributed by atoms with Gasteiger partial charge < -0.3 is 20.4 Å². The lowest BCUT2D eigenvalue weighted by atomic mass is 9.82. The molecule has 3 rings (SSSR count). The second-order valence-electron chi connectivity index (χ2n) is 6.19. The Morgan fingerprint density at radius 3 is 2.12 bits per heavy atom. The maximum absolute atomic E-state index is 13.0. The highest BCUT2D eigenvalue weighted by Gasteiger charge is 2.35. The van der Waals surface area contributed by atoms with Crippen LogP contribution < -0.4 is 5.32 Å². The molecular formula is C20H22N2O4. The lowest BCUT2D eigenvalue weighted by Gasteiger charge is -2.23. The molecule has 0 fully saturated rings. The molecule has 0 unspecified atom stereocenters. The zero-order chi connectivity index (χ0) is 18.8. The Hall–Kier alpha value is -2.86. The van der Waals surface area contributed by atoms with E-state index in [0.717, 1.165) is 19.6 Å². The van der Waals surface area contributed by atoms with Gasteiger partial charge in [0.2, 0.25) is 0 Å². The zero-order valence-corrected chi connectivity index (χ0v) is 14.9. The molecule has 0 saturated carbocycles. The first-order valence-corrected chi connectivity index (χ1v) is 8.73. The third-order valence-electron chi connectivity index (χ3n) is 4.79. The van der Waals surface area contributed by atoms with E-state index < -0.39 is 11.6 Å². The molecule has 6 nitrogen and oxygen atoms in total. The molecule has 1 aliphatic carbocycles. The normalized spacial score (nSPS) is 12.9. The Morgan fingerprint density at radius 2 is 1.50 bits per heavy atom. The Morgan fingerprint density at radius 1 is 0.885 bits per heavy atom. The van der Waals surface area contributed by atoms with Gasteiger partial charge in [0, 0.05) is 24.3 Å². The minimum atomic E-state index is -0.464. The van der Waals surface area contributed by atoms with Crippen LogP contribution in [0, 0.1) is 0 Å². The molecule has 0 saturated heterocycles. The number of likely N-dealkylation sites (N-methyl/N-ethyl adjacent to an activating group) is 1. The van der Waals surface area contributed by atoms with Gasteiger partial charge in [-0.05, 0) is 31.3 Å². The van der Waals surface area contributed by atoms with Crippen LogP contribution in [0.5, 0.6) is 11.5 Å². The SMILES string of the molecule is CCN(CC)CCNc1cccc2c1C(=O)c1c(O)ccc(O)c1C2=O. The predicted octanol–water partition coefficient (Wildman–Crippen LogP) is 2.63. The first kappa shape index (κ1) is 17.9. The van der Waals surface area contributed by atoms with Crippen LogP contribution in [-0.2, 0) is 0 Å². The fourth-order valence-corrected chi connectivity index (χ4v) is 3.32. The van der Waals surface area contributed by atoms with Gasteiger partial charge >= 0.3 is 0 Å². The molecule has 0 amide bonds. The van der Waals surface area contributed by atoms with Gasteiger partial charge in [0.25, 0.3) is 0 Å². The van der Waals surface area contributed by atoms with Gasteiger partial charge in [-0.3, -0.25) is 9.59 Å². The highest BCUT2D eigenvalue weighted by atomic mass is 16.3. The molecule has 0 atom stereocenters. The van der Waals surface area contributed by atoms with Crippen LogP contribution in [0.2, 0.25) is 0 Å². The number of rotatable bonds is 6. The monoisotopic (exact) mass is 354 g/mol. The van der Waals surface area contributed by atoms with Crippen molar-refractivity contribution in [3.8, 4) is 11.5 Å². The molecule has 2 aromatic rings. The Kier molecular flexibility index (Phi) is 4.95. The Bertz CT molecular complexity index is 872. The van der Waals surface area contributed by atoms with Gasteiger partial charge in [0.05, 0.1) is 16.7 Å². The second kappa shape index (κ2) is 7.17.